The van der Waals surface area contributed by atoms with Crippen molar-refractivity contribution in [3.8, 4) is 0 Å². The van der Waals surface area contributed by atoms with Gasteiger partial charge in [0.25, 0.3) is 0 Å². The summed E-state index contributed by atoms with van der Waals surface area (Å²) < 4.78 is 0. The van der Waals surface area contributed by atoms with E-state index in [-0.39, 0.29) is 0 Å². The van der Waals surface area contributed by atoms with Crippen LogP contribution in [-0.4, -0.2) is 12.6 Å². The lowest BCUT2D eigenvalue weighted by Crippen LogP contribution is -2.42. The molecule has 0 atom stereocenters. The highest BCUT2D eigenvalue weighted by molar-refractivity contribution is 5.34. The third-order valence-corrected chi connectivity index (χ3v) is 4.28. The minimum absolute atomic E-state index is 0.458. The molecule has 0 aliphatic heterocycles. The summed E-state index contributed by atoms with van der Waals surface area (Å²) in [5.41, 5.74) is 3.60. The molecule has 0 unspecified atom stereocenters. The van der Waals surface area contributed by atoms with E-state index in [0.717, 1.165) is 6.04 Å². The SMILES string of the molecule is CC1(CNC2CCC2)Cc2ccccc2C1. The molecule has 3 rings (SSSR count). The average molecular weight is 215 g/mol. The van der Waals surface area contributed by atoms with Gasteiger partial charge in [-0.05, 0) is 42.2 Å². The van der Waals surface area contributed by atoms with E-state index >= 15 is 0 Å². The Hall–Kier alpha value is -0.820. The quantitative estimate of drug-likeness (QED) is 0.817. The molecule has 1 saturated carbocycles. The molecule has 1 N–H and O–H groups in total. The topological polar surface area (TPSA) is 12.0 Å². The lowest BCUT2D eigenvalue weighted by molar-refractivity contribution is 0.259. The first kappa shape index (κ1) is 10.3. The monoisotopic (exact) mass is 215 g/mol. The minimum Gasteiger partial charge on any atom is -0.313 e. The van der Waals surface area contributed by atoms with Gasteiger partial charge in [0.1, 0.15) is 0 Å². The van der Waals surface area contributed by atoms with Crippen molar-refractivity contribution >= 4 is 0 Å². The largest absolute Gasteiger partial charge is 0.313 e. The molecule has 0 heterocycles. The van der Waals surface area contributed by atoms with Crippen LogP contribution in [0.2, 0.25) is 0 Å². The smallest absolute Gasteiger partial charge is 0.00673 e. The Bertz CT molecular complexity index is 354. The molecule has 1 fully saturated rings. The minimum atomic E-state index is 0.458. The van der Waals surface area contributed by atoms with Gasteiger partial charge in [0.2, 0.25) is 0 Å². The van der Waals surface area contributed by atoms with Gasteiger partial charge in [-0.3, -0.25) is 0 Å². The van der Waals surface area contributed by atoms with E-state index in [1.165, 1.54) is 38.6 Å². The fourth-order valence-corrected chi connectivity index (χ4v) is 3.01. The van der Waals surface area contributed by atoms with Crippen molar-refractivity contribution in [3.05, 3.63) is 35.4 Å². The molecule has 0 radical (unpaired) electrons. The van der Waals surface area contributed by atoms with Crippen LogP contribution in [0.4, 0.5) is 0 Å². The Morgan fingerprint density at radius 3 is 2.31 bits per heavy atom. The van der Waals surface area contributed by atoms with Crippen LogP contribution in [0, 0.1) is 5.41 Å². The highest BCUT2D eigenvalue weighted by Gasteiger charge is 2.33. The van der Waals surface area contributed by atoms with E-state index in [9.17, 15) is 0 Å². The first-order chi connectivity index (χ1) is 7.75. The molecule has 0 saturated heterocycles. The fourth-order valence-electron chi connectivity index (χ4n) is 3.01. The molecule has 0 bridgehead atoms. The van der Waals surface area contributed by atoms with Crippen molar-refractivity contribution in [2.75, 3.05) is 6.54 Å². The zero-order chi connectivity index (χ0) is 11.0. The van der Waals surface area contributed by atoms with Crippen molar-refractivity contribution < 1.29 is 0 Å². The fraction of sp³-hybridized carbons (Fsp3) is 0.600. The Kier molecular flexibility index (Phi) is 2.51. The Labute approximate surface area is 98.3 Å². The van der Waals surface area contributed by atoms with Gasteiger partial charge in [-0.25, -0.2) is 0 Å². The van der Waals surface area contributed by atoms with Crippen LogP contribution in [0.3, 0.4) is 0 Å². The molecule has 2 aliphatic rings. The van der Waals surface area contributed by atoms with Gasteiger partial charge >= 0.3 is 0 Å². The molecule has 0 amide bonds. The average Bonchev–Trinajstić information content (AvgIpc) is 2.51. The van der Waals surface area contributed by atoms with Crippen LogP contribution >= 0.6 is 0 Å². The van der Waals surface area contributed by atoms with E-state index in [2.05, 4.69) is 36.5 Å². The Morgan fingerprint density at radius 2 is 1.81 bits per heavy atom. The van der Waals surface area contributed by atoms with Crippen LogP contribution in [0.25, 0.3) is 0 Å². The van der Waals surface area contributed by atoms with E-state index in [1.807, 2.05) is 0 Å². The van der Waals surface area contributed by atoms with Crippen LogP contribution < -0.4 is 5.32 Å². The van der Waals surface area contributed by atoms with Crippen LogP contribution in [0.15, 0.2) is 24.3 Å². The van der Waals surface area contributed by atoms with Crippen LogP contribution in [-0.2, 0) is 12.8 Å². The summed E-state index contributed by atoms with van der Waals surface area (Å²) in [5, 5.41) is 3.74. The molecule has 86 valence electrons. The zero-order valence-electron chi connectivity index (χ0n) is 10.1. The maximum Gasteiger partial charge on any atom is 0.00673 e. The van der Waals surface area contributed by atoms with Gasteiger partial charge in [0.05, 0.1) is 0 Å². The van der Waals surface area contributed by atoms with Crippen molar-refractivity contribution in [1.82, 2.24) is 5.32 Å². The molecule has 1 aromatic rings. The number of hydrogen-bond acceptors (Lipinski definition) is 1. The number of hydrogen-bond donors (Lipinski definition) is 1. The van der Waals surface area contributed by atoms with Gasteiger partial charge in [0.15, 0.2) is 0 Å². The van der Waals surface area contributed by atoms with Crippen molar-refractivity contribution in [2.24, 2.45) is 5.41 Å². The lowest BCUT2D eigenvalue weighted by Gasteiger charge is -2.32. The standard InChI is InChI=1S/C15H21N/c1-15(11-16-14-7-4-8-14)9-12-5-2-3-6-13(12)10-15/h2-3,5-6,14,16H,4,7-11H2,1H3. The predicted octanol–water partition coefficient (Wildman–Crippen LogP) is 2.93. The number of rotatable bonds is 3. The normalized spacial score (nSPS) is 22.8. The Morgan fingerprint density at radius 1 is 1.19 bits per heavy atom. The first-order valence-corrected chi connectivity index (χ1v) is 6.55. The maximum absolute atomic E-state index is 3.74. The number of benzene rings is 1. The van der Waals surface area contributed by atoms with Crippen molar-refractivity contribution in [1.29, 1.82) is 0 Å². The summed E-state index contributed by atoms with van der Waals surface area (Å²) in [7, 11) is 0. The number of fused-ring (bicyclic) bond motifs is 1. The summed E-state index contributed by atoms with van der Waals surface area (Å²) in [4.78, 5) is 0. The molecule has 0 spiro atoms. The summed E-state index contributed by atoms with van der Waals surface area (Å²) in [5.74, 6) is 0. The van der Waals surface area contributed by atoms with Crippen molar-refractivity contribution in [2.45, 2.75) is 45.1 Å². The highest BCUT2D eigenvalue weighted by atomic mass is 14.9. The first-order valence-electron chi connectivity index (χ1n) is 6.55. The highest BCUT2D eigenvalue weighted by Crippen LogP contribution is 2.36. The summed E-state index contributed by atoms with van der Waals surface area (Å²) in [6.45, 7) is 3.62. The maximum atomic E-state index is 3.74. The molecule has 0 aromatic heterocycles. The Balaban J connectivity index is 1.63. The summed E-state index contributed by atoms with van der Waals surface area (Å²) >= 11 is 0. The second-order valence-corrected chi connectivity index (χ2v) is 5.94. The molecular weight excluding hydrogens is 194 g/mol. The summed E-state index contributed by atoms with van der Waals surface area (Å²) in [6, 6.07) is 9.75. The molecule has 1 nitrogen and oxygen atoms in total. The molecule has 2 aliphatic carbocycles. The van der Waals surface area contributed by atoms with Gasteiger partial charge in [-0.15, -0.1) is 0 Å². The third-order valence-electron chi connectivity index (χ3n) is 4.28. The van der Waals surface area contributed by atoms with Crippen LogP contribution in [0.5, 0.6) is 0 Å². The van der Waals surface area contributed by atoms with Crippen LogP contribution in [0.1, 0.15) is 37.3 Å². The third kappa shape index (κ3) is 1.89. The van der Waals surface area contributed by atoms with E-state index in [0.29, 0.717) is 5.41 Å². The molecular formula is C15H21N. The molecule has 16 heavy (non-hydrogen) atoms. The predicted molar refractivity (Wildman–Crippen MR) is 67.6 cm³/mol. The zero-order valence-corrected chi connectivity index (χ0v) is 10.1. The molecule has 1 aromatic carbocycles. The van der Waals surface area contributed by atoms with Crippen molar-refractivity contribution in [3.63, 3.8) is 0 Å². The van der Waals surface area contributed by atoms with Gasteiger partial charge in [0, 0.05) is 12.6 Å². The van der Waals surface area contributed by atoms with Gasteiger partial charge < -0.3 is 5.32 Å². The molecule has 1 heteroatoms. The van der Waals surface area contributed by atoms with E-state index in [4.69, 9.17) is 0 Å². The van der Waals surface area contributed by atoms with E-state index < -0.39 is 0 Å². The van der Waals surface area contributed by atoms with E-state index in [1.54, 1.807) is 11.1 Å². The van der Waals surface area contributed by atoms with Gasteiger partial charge in [-0.2, -0.15) is 0 Å². The lowest BCUT2D eigenvalue weighted by atomic mass is 9.85. The van der Waals surface area contributed by atoms with Gasteiger partial charge in [-0.1, -0.05) is 37.6 Å². The second kappa shape index (κ2) is 3.89. The summed E-state index contributed by atoms with van der Waals surface area (Å²) in [6.07, 6.45) is 6.71. The second-order valence-electron chi connectivity index (χ2n) is 5.94. The number of nitrogens with one attached hydrogen (secondary N) is 1.